The van der Waals surface area contributed by atoms with Crippen molar-refractivity contribution in [2.24, 2.45) is 0 Å². The molecule has 2 N–H and O–H groups in total. The van der Waals surface area contributed by atoms with Crippen molar-refractivity contribution >= 4 is 37.9 Å². The monoisotopic (exact) mass is 301 g/mol. The molecule has 2 aromatic rings. The van der Waals surface area contributed by atoms with Gasteiger partial charge in [0.25, 0.3) is 10.1 Å². The lowest BCUT2D eigenvalue weighted by atomic mass is 10.1. The van der Waals surface area contributed by atoms with Crippen LogP contribution in [0.1, 0.15) is 0 Å². The third-order valence-electron chi connectivity index (χ3n) is 2.36. The highest BCUT2D eigenvalue weighted by Gasteiger charge is 2.14. The predicted molar refractivity (Wildman–Crippen MR) is 73.2 cm³/mol. The van der Waals surface area contributed by atoms with Crippen LogP contribution in [0.4, 0.5) is 5.69 Å². The second-order valence-electron chi connectivity index (χ2n) is 3.73. The van der Waals surface area contributed by atoms with Crippen LogP contribution in [-0.2, 0) is 25.1 Å². The molecule has 2 rings (SSSR count). The van der Waals surface area contributed by atoms with E-state index in [4.69, 9.17) is 4.55 Å². The highest BCUT2D eigenvalue weighted by molar-refractivity contribution is 7.95. The first-order chi connectivity index (χ1) is 8.96. The lowest BCUT2D eigenvalue weighted by Gasteiger charge is -2.07. The summed E-state index contributed by atoms with van der Waals surface area (Å²) in [6.07, 6.45) is 0. The van der Waals surface area contributed by atoms with Crippen molar-refractivity contribution in [3.8, 4) is 0 Å². The van der Waals surface area contributed by atoms with Crippen molar-refractivity contribution in [2.75, 3.05) is 11.2 Å². The van der Waals surface area contributed by atoms with Gasteiger partial charge in [-0.2, -0.15) is 12.6 Å². The molecule has 1 unspecified atom stereocenters. The smallest absolute Gasteiger partial charge is 0.317 e. The molecule has 1 atom stereocenters. The summed E-state index contributed by atoms with van der Waals surface area (Å²) >= 11 is -2.84. The lowest BCUT2D eigenvalue weighted by molar-refractivity contribution is 0.443. The van der Waals surface area contributed by atoms with Gasteiger partial charge in [0.2, 0.25) is 0 Å². The Morgan fingerprint density at radius 1 is 1.16 bits per heavy atom. The summed E-state index contributed by atoms with van der Waals surface area (Å²) in [5.41, 5.74) is 0.578. The third kappa shape index (κ3) is 4.00. The van der Waals surface area contributed by atoms with E-state index < -0.39 is 27.4 Å². The number of hydrogen-bond donors (Lipinski definition) is 2. The van der Waals surface area contributed by atoms with Gasteiger partial charge in [-0.25, -0.2) is 0 Å². The van der Waals surface area contributed by atoms with E-state index in [-0.39, 0.29) is 0 Å². The van der Waals surface area contributed by atoms with Crippen molar-refractivity contribution < 1.29 is 20.8 Å². The molecular weight excluding hydrogens is 290 g/mol. The minimum atomic E-state index is -4.09. The SMILES string of the molecule is O=S(O)OS(=O)(=O)CNc1ccc2ccccc2c1. The quantitative estimate of drug-likeness (QED) is 0.816. The van der Waals surface area contributed by atoms with Crippen molar-refractivity contribution in [1.29, 1.82) is 0 Å². The highest BCUT2D eigenvalue weighted by atomic mass is 32.3. The Kier molecular flexibility index (Phi) is 4.15. The summed E-state index contributed by atoms with van der Waals surface area (Å²) < 4.78 is 45.0. The van der Waals surface area contributed by atoms with Crippen LogP contribution in [0.15, 0.2) is 42.5 Å². The Hall–Kier alpha value is -1.48. The van der Waals surface area contributed by atoms with Gasteiger partial charge in [-0.3, -0.25) is 4.55 Å². The molecule has 0 heterocycles. The molecule has 0 aliphatic heterocycles. The predicted octanol–water partition coefficient (Wildman–Crippen LogP) is 1.69. The normalized spacial score (nSPS) is 13.3. The van der Waals surface area contributed by atoms with Gasteiger partial charge in [-0.1, -0.05) is 30.3 Å². The maximum absolute atomic E-state index is 11.2. The minimum Gasteiger partial charge on any atom is -0.370 e. The van der Waals surface area contributed by atoms with E-state index >= 15 is 0 Å². The molecule has 0 fully saturated rings. The Balaban J connectivity index is 2.12. The van der Waals surface area contributed by atoms with Crippen LogP contribution >= 0.6 is 0 Å². The molecule has 0 bridgehead atoms. The van der Waals surface area contributed by atoms with Crippen LogP contribution in [0.3, 0.4) is 0 Å². The van der Waals surface area contributed by atoms with Gasteiger partial charge in [0.05, 0.1) is 0 Å². The third-order valence-corrected chi connectivity index (χ3v) is 4.16. The van der Waals surface area contributed by atoms with Crippen LogP contribution in [0.2, 0.25) is 0 Å². The number of fused-ring (bicyclic) bond motifs is 1. The molecule has 0 amide bonds. The summed E-state index contributed by atoms with van der Waals surface area (Å²) in [6.45, 7) is 0. The Bertz CT molecular complexity index is 714. The van der Waals surface area contributed by atoms with Crippen molar-refractivity contribution in [2.45, 2.75) is 0 Å². The highest BCUT2D eigenvalue weighted by Crippen LogP contribution is 2.18. The fourth-order valence-electron chi connectivity index (χ4n) is 1.58. The van der Waals surface area contributed by atoms with E-state index in [2.05, 4.69) is 8.95 Å². The molecule has 0 saturated carbocycles. The average molecular weight is 301 g/mol. The van der Waals surface area contributed by atoms with E-state index in [0.29, 0.717) is 5.69 Å². The molecule has 0 saturated heterocycles. The number of nitrogens with one attached hydrogen (secondary N) is 1. The first-order valence-corrected chi connectivity index (χ1v) is 7.83. The van der Waals surface area contributed by atoms with E-state index in [1.807, 2.05) is 30.3 Å². The molecule has 0 radical (unpaired) electrons. The molecule has 102 valence electrons. The van der Waals surface area contributed by atoms with E-state index in [0.717, 1.165) is 10.8 Å². The Morgan fingerprint density at radius 2 is 1.84 bits per heavy atom. The van der Waals surface area contributed by atoms with E-state index in [9.17, 15) is 12.6 Å². The number of anilines is 1. The number of hydrogen-bond acceptors (Lipinski definition) is 5. The molecule has 2 aromatic carbocycles. The van der Waals surface area contributed by atoms with Crippen LogP contribution in [0.25, 0.3) is 10.8 Å². The van der Waals surface area contributed by atoms with Gasteiger partial charge >= 0.3 is 11.4 Å². The second-order valence-corrected chi connectivity index (χ2v) is 6.11. The van der Waals surface area contributed by atoms with Gasteiger partial charge in [-0.15, -0.1) is 3.63 Å². The van der Waals surface area contributed by atoms with Crippen LogP contribution in [-0.4, -0.2) is 23.1 Å². The minimum absolute atomic E-state index is 0.578. The van der Waals surface area contributed by atoms with Gasteiger partial charge in [0.1, 0.15) is 5.88 Å². The van der Waals surface area contributed by atoms with Crippen molar-refractivity contribution in [3.05, 3.63) is 42.5 Å². The summed E-state index contributed by atoms with van der Waals surface area (Å²) in [5.74, 6) is -0.586. The van der Waals surface area contributed by atoms with Crippen LogP contribution in [0, 0.1) is 0 Å². The van der Waals surface area contributed by atoms with Gasteiger partial charge < -0.3 is 5.32 Å². The topological polar surface area (TPSA) is 92.7 Å². The fraction of sp³-hybridized carbons (Fsp3) is 0.0909. The number of rotatable bonds is 5. The zero-order chi connectivity index (χ0) is 13.9. The van der Waals surface area contributed by atoms with E-state index in [1.165, 1.54) is 0 Å². The second kappa shape index (κ2) is 5.66. The van der Waals surface area contributed by atoms with Crippen LogP contribution in [0.5, 0.6) is 0 Å². The van der Waals surface area contributed by atoms with Crippen LogP contribution < -0.4 is 5.32 Å². The number of benzene rings is 2. The van der Waals surface area contributed by atoms with E-state index in [1.54, 1.807) is 12.1 Å². The molecule has 0 spiro atoms. The maximum Gasteiger partial charge on any atom is 0.317 e. The first kappa shape index (κ1) is 13.9. The van der Waals surface area contributed by atoms with Gasteiger partial charge in [0, 0.05) is 5.69 Å². The zero-order valence-corrected chi connectivity index (χ0v) is 11.3. The lowest BCUT2D eigenvalue weighted by Crippen LogP contribution is -2.18. The van der Waals surface area contributed by atoms with Gasteiger partial charge in [0.15, 0.2) is 0 Å². The Morgan fingerprint density at radius 3 is 2.53 bits per heavy atom. The van der Waals surface area contributed by atoms with Crippen molar-refractivity contribution in [3.63, 3.8) is 0 Å². The molecule has 6 nitrogen and oxygen atoms in total. The Labute approximate surface area is 113 Å². The molecule has 0 aromatic heterocycles. The molecule has 8 heteroatoms. The summed E-state index contributed by atoms with van der Waals surface area (Å²) in [6, 6.07) is 13.0. The molecule has 0 aliphatic rings. The summed E-state index contributed by atoms with van der Waals surface area (Å²) in [7, 11) is -4.09. The fourth-order valence-corrected chi connectivity index (χ4v) is 2.83. The largest absolute Gasteiger partial charge is 0.370 e. The molecular formula is C11H11NO5S2. The molecule has 0 aliphatic carbocycles. The molecule has 19 heavy (non-hydrogen) atoms. The van der Waals surface area contributed by atoms with Gasteiger partial charge in [-0.05, 0) is 22.9 Å². The average Bonchev–Trinajstić information content (AvgIpc) is 2.35. The van der Waals surface area contributed by atoms with Crippen molar-refractivity contribution in [1.82, 2.24) is 0 Å². The standard InChI is InChI=1S/C11H11NO5S2/c13-18(14)17-19(15,16)8-12-11-6-5-9-3-1-2-4-10(9)7-11/h1-7,12H,8H2,(H,13,14). The first-order valence-electron chi connectivity index (χ1n) is 5.22. The maximum atomic E-state index is 11.2. The summed E-state index contributed by atoms with van der Waals surface area (Å²) in [5, 5.41) is 4.61. The zero-order valence-electron chi connectivity index (χ0n) is 9.65. The summed E-state index contributed by atoms with van der Waals surface area (Å²) in [4.78, 5) is 0.